The van der Waals surface area contributed by atoms with E-state index in [9.17, 15) is 22.4 Å². The lowest BCUT2D eigenvalue weighted by atomic mass is 9.86. The summed E-state index contributed by atoms with van der Waals surface area (Å²) in [4.78, 5) is 15.1. The number of halogens is 6. The van der Waals surface area contributed by atoms with Crippen molar-refractivity contribution < 1.29 is 31.5 Å². The molecule has 1 aliphatic rings. The number of carbonyl (C=O) groups excluding carboxylic acids is 1. The van der Waals surface area contributed by atoms with Crippen LogP contribution in [0, 0.1) is 11.7 Å². The number of nitrogens with zero attached hydrogens (tertiary/aromatic N) is 1. The van der Waals surface area contributed by atoms with Gasteiger partial charge in [0.05, 0.1) is 5.69 Å². The van der Waals surface area contributed by atoms with E-state index in [2.05, 4.69) is 13.8 Å². The molecule has 35 heavy (non-hydrogen) atoms. The Morgan fingerprint density at radius 1 is 1.29 bits per heavy atom. The monoisotopic (exact) mass is 541 g/mol. The summed E-state index contributed by atoms with van der Waals surface area (Å²) < 4.78 is 64.4. The van der Waals surface area contributed by atoms with Gasteiger partial charge in [0.1, 0.15) is 24.5 Å². The Labute approximate surface area is 212 Å². The van der Waals surface area contributed by atoms with Crippen LogP contribution in [0.1, 0.15) is 40.5 Å². The summed E-state index contributed by atoms with van der Waals surface area (Å²) in [6.45, 7) is 6.91. The van der Waals surface area contributed by atoms with Crippen LogP contribution in [-0.2, 0) is 4.79 Å². The lowest BCUT2D eigenvalue weighted by Gasteiger charge is -2.41. The van der Waals surface area contributed by atoms with Crippen molar-refractivity contribution in [3.05, 3.63) is 59.6 Å². The van der Waals surface area contributed by atoms with Gasteiger partial charge in [-0.15, -0.1) is 23.5 Å². The van der Waals surface area contributed by atoms with Crippen LogP contribution in [-0.4, -0.2) is 36.3 Å². The summed E-state index contributed by atoms with van der Waals surface area (Å²) in [6.07, 6.45) is 8.24. The van der Waals surface area contributed by atoms with E-state index < -0.39 is 12.8 Å². The molecule has 2 nitrogen and oxygen atoms in total. The van der Waals surface area contributed by atoms with Crippen LogP contribution in [0.15, 0.2) is 58.6 Å². The molecule has 0 N–H and O–H groups in total. The Bertz CT molecular complexity index is 858. The normalized spacial score (nSPS) is 17.7. The average Bonchev–Trinajstić information content (AvgIpc) is 2.85. The highest BCUT2D eigenvalue weighted by molar-refractivity contribution is 8.03. The summed E-state index contributed by atoms with van der Waals surface area (Å²) in [5.74, 6) is -0.188. The molecule has 198 valence electrons. The van der Waals surface area contributed by atoms with E-state index in [1.165, 1.54) is 43.0 Å². The van der Waals surface area contributed by atoms with Crippen molar-refractivity contribution in [2.45, 2.75) is 56.4 Å². The smallest absolute Gasteiger partial charge is 0.227 e. The highest BCUT2D eigenvalue weighted by Crippen LogP contribution is 2.41. The Morgan fingerprint density at radius 2 is 1.91 bits per heavy atom. The number of anilines is 1. The molecular formula is C25H33F6NOS2. The summed E-state index contributed by atoms with van der Waals surface area (Å²) in [7, 11) is 0. The Hall–Kier alpha value is -1.81. The topological polar surface area (TPSA) is 20.3 Å². The van der Waals surface area contributed by atoms with Crippen LogP contribution in [0.5, 0.6) is 0 Å². The molecule has 10 heteroatoms. The standard InChI is InChI=1S/C22H27F2NOS2.C3H6F2.F2/c1-5-17(23)8-6-7-13-28-22(2,3)16-9-12-21(26)25(15-16)19-11-10-18(24)14-20(19)27-4;1-3(5)2-4;1-2/h5-8,10-11,13-14,16H,9,12,15H2,1-4H3;3H,2H2,1H3;/b8-6-,13-7+,17-5+;;/t16-;;/m1../s1. The number of allylic oxidation sites excluding steroid dienone is 5. The third kappa shape index (κ3) is 12.1. The van der Waals surface area contributed by atoms with Crippen LogP contribution in [0.3, 0.4) is 0 Å². The zero-order valence-electron chi connectivity index (χ0n) is 20.5. The largest absolute Gasteiger partial charge is 0.311 e. The Kier molecular flexibility index (Phi) is 16.7. The highest BCUT2D eigenvalue weighted by atomic mass is 32.2. The zero-order valence-corrected chi connectivity index (χ0v) is 22.2. The maximum Gasteiger partial charge on any atom is 0.227 e. The lowest BCUT2D eigenvalue weighted by molar-refractivity contribution is -0.120. The van der Waals surface area contributed by atoms with Gasteiger partial charge in [0, 0.05) is 31.8 Å². The first-order valence-corrected chi connectivity index (χ1v) is 13.0. The van der Waals surface area contributed by atoms with E-state index in [1.807, 2.05) is 17.7 Å². The fourth-order valence-electron chi connectivity index (χ4n) is 3.12. The van der Waals surface area contributed by atoms with E-state index >= 15 is 0 Å². The maximum atomic E-state index is 13.6. The Morgan fingerprint density at radius 3 is 2.46 bits per heavy atom. The fraction of sp³-hybridized carbons (Fsp3) is 0.480. The molecule has 0 aliphatic carbocycles. The second kappa shape index (κ2) is 17.6. The van der Waals surface area contributed by atoms with E-state index in [4.69, 9.17) is 9.15 Å². The van der Waals surface area contributed by atoms with Gasteiger partial charge >= 0.3 is 0 Å². The van der Waals surface area contributed by atoms with E-state index in [1.54, 1.807) is 35.7 Å². The molecule has 2 rings (SSSR count). The van der Waals surface area contributed by atoms with E-state index in [-0.39, 0.29) is 28.2 Å². The summed E-state index contributed by atoms with van der Waals surface area (Å²) in [5, 5.41) is 1.96. The van der Waals surface area contributed by atoms with Gasteiger partial charge in [-0.2, -0.15) is 0 Å². The third-order valence-electron chi connectivity index (χ3n) is 5.13. The molecule has 0 radical (unpaired) electrons. The first-order valence-electron chi connectivity index (χ1n) is 10.9. The van der Waals surface area contributed by atoms with E-state index in [0.717, 1.165) is 17.0 Å². The number of amides is 1. The molecule has 0 saturated carbocycles. The minimum absolute atomic E-state index is 0.0826. The zero-order chi connectivity index (χ0) is 27.0. The van der Waals surface area contributed by atoms with Gasteiger partial charge in [0.15, 0.2) is 0 Å². The number of hydrogen-bond acceptors (Lipinski definition) is 3. The van der Waals surface area contributed by atoms with Crippen LogP contribution < -0.4 is 4.90 Å². The van der Waals surface area contributed by atoms with E-state index in [0.29, 0.717) is 13.0 Å². The van der Waals surface area contributed by atoms with Crippen LogP contribution in [0.2, 0.25) is 0 Å². The average molecular weight is 542 g/mol. The number of rotatable bonds is 8. The van der Waals surface area contributed by atoms with Gasteiger partial charge in [0.25, 0.3) is 0 Å². The van der Waals surface area contributed by atoms with Crippen molar-refractivity contribution in [1.82, 2.24) is 0 Å². The molecule has 1 fully saturated rings. The van der Waals surface area contributed by atoms with Gasteiger partial charge in [-0.1, -0.05) is 32.1 Å². The van der Waals surface area contributed by atoms with Gasteiger partial charge in [-0.25, -0.2) is 17.6 Å². The molecule has 0 spiro atoms. The SMILES string of the molecule is CC(F)CF.C\C=C(F)/C=C\C=C\SC(C)(C)[C@@H]1CCC(=O)N(c2ccc(F)cc2SC)C1.FF. The third-order valence-corrected chi connectivity index (χ3v) is 7.13. The second-order valence-corrected chi connectivity index (χ2v) is 10.5. The van der Waals surface area contributed by atoms with Crippen molar-refractivity contribution in [2.75, 3.05) is 24.4 Å². The molecule has 0 aromatic heterocycles. The number of hydrogen-bond donors (Lipinski definition) is 0. The van der Waals surface area contributed by atoms with Crippen molar-refractivity contribution >= 4 is 35.1 Å². The molecule has 2 atom stereocenters. The van der Waals surface area contributed by atoms with Gasteiger partial charge in [-0.3, -0.25) is 4.79 Å². The molecule has 1 aliphatic heterocycles. The van der Waals surface area contributed by atoms with Crippen molar-refractivity contribution in [1.29, 1.82) is 0 Å². The minimum atomic E-state index is -1.28. The first kappa shape index (κ1) is 33.2. The van der Waals surface area contributed by atoms with Gasteiger partial charge < -0.3 is 4.90 Å². The van der Waals surface area contributed by atoms with Gasteiger partial charge in [-0.05, 0) is 62.1 Å². The van der Waals surface area contributed by atoms with Crippen molar-refractivity contribution in [3.63, 3.8) is 0 Å². The predicted molar refractivity (Wildman–Crippen MR) is 137 cm³/mol. The quantitative estimate of drug-likeness (QED) is 0.186. The molecule has 0 bridgehead atoms. The first-order chi connectivity index (χ1) is 16.5. The Balaban J connectivity index is 0.00000146. The molecular weight excluding hydrogens is 508 g/mol. The second-order valence-electron chi connectivity index (χ2n) is 8.07. The molecule has 1 aromatic rings. The summed E-state index contributed by atoms with van der Waals surface area (Å²) in [6, 6.07) is 4.59. The summed E-state index contributed by atoms with van der Waals surface area (Å²) >= 11 is 3.12. The highest BCUT2D eigenvalue weighted by Gasteiger charge is 2.37. The minimum Gasteiger partial charge on any atom is -0.311 e. The van der Waals surface area contributed by atoms with Crippen molar-refractivity contribution in [2.24, 2.45) is 5.92 Å². The molecule has 1 unspecified atom stereocenters. The number of benzene rings is 1. The number of piperidine rings is 1. The lowest BCUT2D eigenvalue weighted by Crippen LogP contribution is -2.46. The molecule has 1 amide bonds. The maximum absolute atomic E-state index is 13.6. The molecule has 1 aromatic carbocycles. The van der Waals surface area contributed by atoms with Crippen molar-refractivity contribution in [3.8, 4) is 0 Å². The van der Waals surface area contributed by atoms with Crippen LogP contribution >= 0.6 is 23.5 Å². The van der Waals surface area contributed by atoms with Crippen LogP contribution in [0.4, 0.5) is 32.4 Å². The number of thioether (sulfide) groups is 2. The van der Waals surface area contributed by atoms with Crippen LogP contribution in [0.25, 0.3) is 0 Å². The van der Waals surface area contributed by atoms with Gasteiger partial charge in [0.2, 0.25) is 5.91 Å². The molecule has 1 heterocycles. The molecule has 1 saturated heterocycles. The number of alkyl halides is 2. The predicted octanol–water partition coefficient (Wildman–Crippen LogP) is 8.90. The number of carbonyl (C=O) groups is 1. The summed E-state index contributed by atoms with van der Waals surface area (Å²) in [5.41, 5.74) is 0.782. The fourth-order valence-corrected chi connectivity index (χ4v) is 4.64.